The Labute approximate surface area is 227 Å². The monoisotopic (exact) mass is 524 g/mol. The van der Waals surface area contributed by atoms with Crippen LogP contribution in [0, 0.1) is 17.3 Å². The minimum absolute atomic E-state index is 0.0247. The minimum atomic E-state index is -0.632. The number of likely N-dealkylation sites (N-methyl/N-ethyl adjacent to an activating group) is 1. The van der Waals surface area contributed by atoms with Crippen LogP contribution in [0.2, 0.25) is 0 Å². The predicted octanol–water partition coefficient (Wildman–Crippen LogP) is 2.96. The summed E-state index contributed by atoms with van der Waals surface area (Å²) < 4.78 is 5.91. The normalized spacial score (nSPS) is 27.9. The second kappa shape index (κ2) is 11.0. The van der Waals surface area contributed by atoms with Crippen molar-refractivity contribution in [3.8, 4) is 0 Å². The lowest BCUT2D eigenvalue weighted by Gasteiger charge is -2.35. The van der Waals surface area contributed by atoms with E-state index in [-0.39, 0.29) is 47.6 Å². The Morgan fingerprint density at radius 1 is 1.00 bits per heavy atom. The number of piperazine rings is 1. The number of amides is 2. The Hall–Kier alpha value is -2.45. The van der Waals surface area contributed by atoms with Gasteiger partial charge in [-0.3, -0.25) is 14.4 Å². The number of rotatable bonds is 5. The molecule has 5 rings (SSSR count). The van der Waals surface area contributed by atoms with E-state index in [0.29, 0.717) is 12.1 Å². The quantitative estimate of drug-likeness (QED) is 0.638. The third-order valence-electron chi connectivity index (χ3n) is 9.25. The van der Waals surface area contributed by atoms with Gasteiger partial charge < -0.3 is 24.8 Å². The van der Waals surface area contributed by atoms with Crippen LogP contribution in [-0.4, -0.2) is 92.0 Å². The van der Waals surface area contributed by atoms with Crippen LogP contribution < -0.4 is 10.2 Å². The molecule has 8 nitrogen and oxygen atoms in total. The first-order valence-electron chi connectivity index (χ1n) is 14.4. The summed E-state index contributed by atoms with van der Waals surface area (Å²) in [5, 5.41) is 3.13. The lowest BCUT2D eigenvalue weighted by atomic mass is 9.78. The van der Waals surface area contributed by atoms with Crippen molar-refractivity contribution in [1.29, 1.82) is 0 Å². The standard InChI is InChI=1S/C30H44N4O4/c1-30(2,3)23-18-34(26-24(35)19-38-27(23)26)29(37)25(20-8-6-5-7-9-20)31-28(36)21-10-12-22(13-11-21)33-16-14-32(4)15-17-33/h10-13,20,23,25-27H,5-9,14-19H2,1-4H3,(H,31,36)/t23-,25+,26-,27-/m1/s1. The molecule has 0 bridgehead atoms. The highest BCUT2D eigenvalue weighted by atomic mass is 16.5. The molecule has 3 aliphatic heterocycles. The Morgan fingerprint density at radius 2 is 1.66 bits per heavy atom. The topological polar surface area (TPSA) is 82.2 Å². The van der Waals surface area contributed by atoms with Gasteiger partial charge in [-0.1, -0.05) is 40.0 Å². The van der Waals surface area contributed by atoms with Gasteiger partial charge in [0.1, 0.15) is 18.7 Å². The minimum Gasteiger partial charge on any atom is -0.369 e. The average molecular weight is 525 g/mol. The maximum Gasteiger partial charge on any atom is 0.251 e. The fourth-order valence-corrected chi connectivity index (χ4v) is 6.79. The van der Waals surface area contributed by atoms with E-state index in [4.69, 9.17) is 4.74 Å². The van der Waals surface area contributed by atoms with E-state index < -0.39 is 12.1 Å². The van der Waals surface area contributed by atoms with E-state index >= 15 is 0 Å². The van der Waals surface area contributed by atoms with Gasteiger partial charge >= 0.3 is 0 Å². The van der Waals surface area contributed by atoms with E-state index in [1.165, 1.54) is 0 Å². The SMILES string of the molecule is CN1CCN(c2ccc(C(=O)N[C@H](C(=O)N3C[C@@H](C(C)(C)C)[C@H]4OCC(=O)[C@H]43)C3CCCCC3)cc2)CC1. The van der Waals surface area contributed by atoms with E-state index in [1.54, 1.807) is 4.90 Å². The van der Waals surface area contributed by atoms with Crippen molar-refractivity contribution in [3.63, 3.8) is 0 Å². The van der Waals surface area contributed by atoms with Gasteiger partial charge in [0.25, 0.3) is 5.91 Å². The number of benzene rings is 1. The second-order valence-corrected chi connectivity index (χ2v) is 12.8. The summed E-state index contributed by atoms with van der Waals surface area (Å²) in [6.07, 6.45) is 4.83. The van der Waals surface area contributed by atoms with Crippen LogP contribution in [0.1, 0.15) is 63.2 Å². The van der Waals surface area contributed by atoms with E-state index in [9.17, 15) is 14.4 Å². The molecule has 1 N–H and O–H groups in total. The zero-order valence-electron chi connectivity index (χ0n) is 23.4. The zero-order chi connectivity index (χ0) is 27.0. The first-order valence-corrected chi connectivity index (χ1v) is 14.4. The average Bonchev–Trinajstić information content (AvgIpc) is 3.48. The maximum absolute atomic E-state index is 14.2. The molecule has 3 saturated heterocycles. The molecule has 38 heavy (non-hydrogen) atoms. The number of nitrogens with one attached hydrogen (secondary N) is 1. The Morgan fingerprint density at radius 3 is 2.29 bits per heavy atom. The lowest BCUT2D eigenvalue weighted by Crippen LogP contribution is -2.55. The molecule has 2 amide bonds. The summed E-state index contributed by atoms with van der Waals surface area (Å²) in [7, 11) is 2.13. The smallest absolute Gasteiger partial charge is 0.251 e. The largest absolute Gasteiger partial charge is 0.369 e. The number of hydrogen-bond donors (Lipinski definition) is 1. The second-order valence-electron chi connectivity index (χ2n) is 12.8. The molecule has 0 aromatic heterocycles. The molecule has 4 fully saturated rings. The van der Waals surface area contributed by atoms with E-state index in [1.807, 2.05) is 24.3 Å². The van der Waals surface area contributed by atoms with Gasteiger partial charge in [0.05, 0.1) is 6.10 Å². The van der Waals surface area contributed by atoms with Crippen LogP contribution >= 0.6 is 0 Å². The van der Waals surface area contributed by atoms with Crippen LogP contribution in [0.15, 0.2) is 24.3 Å². The molecule has 4 aliphatic rings. The Bertz CT molecular complexity index is 1020. The molecular weight excluding hydrogens is 480 g/mol. The lowest BCUT2D eigenvalue weighted by molar-refractivity contribution is -0.139. The van der Waals surface area contributed by atoms with Crippen LogP contribution in [0.3, 0.4) is 0 Å². The molecule has 208 valence electrons. The number of likely N-dealkylation sites (tertiary alicyclic amines) is 1. The Kier molecular flexibility index (Phi) is 7.83. The van der Waals surface area contributed by atoms with Gasteiger partial charge in [0.2, 0.25) is 5.91 Å². The summed E-state index contributed by atoms with van der Waals surface area (Å²) in [6, 6.07) is 6.56. The number of anilines is 1. The summed E-state index contributed by atoms with van der Waals surface area (Å²) in [5.41, 5.74) is 1.58. The van der Waals surface area contributed by atoms with E-state index in [2.05, 4.69) is 42.9 Å². The van der Waals surface area contributed by atoms with Gasteiger partial charge in [0, 0.05) is 49.9 Å². The number of carbonyl (C=O) groups is 3. The number of hydrogen-bond acceptors (Lipinski definition) is 6. The molecular formula is C30H44N4O4. The van der Waals surface area contributed by atoms with Crippen LogP contribution in [0.25, 0.3) is 0 Å². The van der Waals surface area contributed by atoms with Gasteiger partial charge in [-0.05, 0) is 55.5 Å². The molecule has 4 atom stereocenters. The predicted molar refractivity (Wildman–Crippen MR) is 147 cm³/mol. The highest BCUT2D eigenvalue weighted by molar-refractivity contribution is 5.99. The van der Waals surface area contributed by atoms with Crippen LogP contribution in [0.5, 0.6) is 0 Å². The summed E-state index contributed by atoms with van der Waals surface area (Å²) in [6.45, 7) is 11.0. The number of fused-ring (bicyclic) bond motifs is 1. The molecule has 1 aromatic rings. The Balaban J connectivity index is 1.34. The van der Waals surface area contributed by atoms with Crippen molar-refractivity contribution in [1.82, 2.24) is 15.1 Å². The van der Waals surface area contributed by atoms with Crippen molar-refractivity contribution in [3.05, 3.63) is 29.8 Å². The van der Waals surface area contributed by atoms with Gasteiger partial charge in [-0.25, -0.2) is 0 Å². The van der Waals surface area contributed by atoms with Crippen molar-refractivity contribution in [2.24, 2.45) is 17.3 Å². The molecule has 0 radical (unpaired) electrons. The molecule has 1 aliphatic carbocycles. The summed E-state index contributed by atoms with van der Waals surface area (Å²) in [5.74, 6) is -0.221. The van der Waals surface area contributed by atoms with Gasteiger partial charge in [0.15, 0.2) is 5.78 Å². The fourth-order valence-electron chi connectivity index (χ4n) is 6.79. The summed E-state index contributed by atoms with van der Waals surface area (Å²) in [4.78, 5) is 46.9. The van der Waals surface area contributed by atoms with Crippen LogP contribution in [0.4, 0.5) is 5.69 Å². The van der Waals surface area contributed by atoms with Gasteiger partial charge in [-0.15, -0.1) is 0 Å². The number of Topliss-reactive ketones (excluding diaryl/α,β-unsaturated/α-hetero) is 1. The van der Waals surface area contributed by atoms with E-state index in [0.717, 1.165) is 64.0 Å². The number of carbonyl (C=O) groups excluding carboxylic acids is 3. The molecule has 0 spiro atoms. The highest BCUT2D eigenvalue weighted by Crippen LogP contribution is 2.42. The first kappa shape index (κ1) is 27.1. The van der Waals surface area contributed by atoms with Crippen LogP contribution in [-0.2, 0) is 14.3 Å². The zero-order valence-corrected chi connectivity index (χ0v) is 23.4. The maximum atomic E-state index is 14.2. The third kappa shape index (κ3) is 5.48. The summed E-state index contributed by atoms with van der Waals surface area (Å²) >= 11 is 0. The van der Waals surface area contributed by atoms with Crippen molar-refractivity contribution in [2.45, 2.75) is 71.1 Å². The number of ether oxygens (including phenoxy) is 1. The molecule has 0 unspecified atom stereocenters. The highest BCUT2D eigenvalue weighted by Gasteiger charge is 2.56. The van der Waals surface area contributed by atoms with Gasteiger partial charge in [-0.2, -0.15) is 0 Å². The molecule has 1 saturated carbocycles. The first-order chi connectivity index (χ1) is 18.1. The van der Waals surface area contributed by atoms with Crippen molar-refractivity contribution in [2.75, 3.05) is 51.3 Å². The third-order valence-corrected chi connectivity index (χ3v) is 9.25. The molecule has 8 heteroatoms. The fraction of sp³-hybridized carbons (Fsp3) is 0.700. The number of ketones is 1. The number of nitrogens with zero attached hydrogens (tertiary/aromatic N) is 3. The van der Waals surface area contributed by atoms with Crippen molar-refractivity contribution >= 4 is 23.3 Å². The molecule has 1 aromatic carbocycles. The molecule has 3 heterocycles. The van der Waals surface area contributed by atoms with Crippen molar-refractivity contribution < 1.29 is 19.1 Å².